The van der Waals surface area contributed by atoms with E-state index in [0.717, 1.165) is 90.5 Å². The molecule has 0 atom stereocenters. The minimum Gasteiger partial charge on any atom is -0.401 e. The Morgan fingerprint density at radius 2 is 1.92 bits per heavy atom. The van der Waals surface area contributed by atoms with Crippen molar-refractivity contribution < 1.29 is 9.53 Å². The third-order valence-corrected chi connectivity index (χ3v) is 7.50. The van der Waals surface area contributed by atoms with Crippen LogP contribution in [0.25, 0.3) is 27.8 Å². The number of piperazine rings is 1. The Morgan fingerprint density at radius 3 is 2.57 bits per heavy atom. The standard InChI is InChI=1S/C27H38N8O2/c1-18(28)24(29-2)20-15-22-25(30-16-20)21-5-6-23(33-9-11-34(12-10-33)27(36)32(3)4)31-26(21)35(22)17-19-7-13-37-14-8-19/h5-6,15-16,19,29H,7-14,17,28H2,1-4H3/b24-18-. The predicted octanol–water partition coefficient (Wildman–Crippen LogP) is 2.68. The summed E-state index contributed by atoms with van der Waals surface area (Å²) in [4.78, 5) is 28.2. The number of fused-ring (bicyclic) bond motifs is 3. The van der Waals surface area contributed by atoms with E-state index in [-0.39, 0.29) is 6.03 Å². The SMILES string of the molecule is CN/C(=C(/C)N)c1cnc2c3ccc(N4CCN(C(=O)N(C)C)CC4)nc3n(CC3CCOCC3)c2c1. The zero-order valence-electron chi connectivity index (χ0n) is 22.3. The normalized spacial score (nSPS) is 17.8. The fraction of sp³-hybridized carbons (Fsp3) is 0.519. The molecule has 3 aromatic rings. The molecule has 198 valence electrons. The number of allylic oxidation sites excluding steroid dienone is 1. The first-order valence-corrected chi connectivity index (χ1v) is 13.1. The number of carbonyl (C=O) groups is 1. The molecule has 0 aliphatic carbocycles. The van der Waals surface area contributed by atoms with Crippen LogP contribution in [-0.4, -0.2) is 90.9 Å². The largest absolute Gasteiger partial charge is 0.401 e. The number of urea groups is 1. The number of nitrogens with zero attached hydrogens (tertiary/aromatic N) is 6. The second-order valence-electron chi connectivity index (χ2n) is 10.3. The van der Waals surface area contributed by atoms with Crippen molar-refractivity contribution in [2.45, 2.75) is 26.3 Å². The van der Waals surface area contributed by atoms with Crippen LogP contribution in [-0.2, 0) is 11.3 Å². The quantitative estimate of drug-likeness (QED) is 0.548. The van der Waals surface area contributed by atoms with Crippen LogP contribution in [0.15, 0.2) is 30.1 Å². The first-order chi connectivity index (χ1) is 17.9. The summed E-state index contributed by atoms with van der Waals surface area (Å²) in [7, 11) is 5.48. The highest BCUT2D eigenvalue weighted by molar-refractivity contribution is 6.05. The highest BCUT2D eigenvalue weighted by atomic mass is 16.5. The minimum absolute atomic E-state index is 0.0595. The summed E-state index contributed by atoms with van der Waals surface area (Å²) < 4.78 is 7.96. The van der Waals surface area contributed by atoms with Crippen LogP contribution in [0.1, 0.15) is 25.3 Å². The number of anilines is 1. The number of nitrogens with one attached hydrogen (secondary N) is 1. The van der Waals surface area contributed by atoms with Gasteiger partial charge in [-0.1, -0.05) is 0 Å². The first-order valence-electron chi connectivity index (χ1n) is 13.1. The van der Waals surface area contributed by atoms with Gasteiger partial charge < -0.3 is 35.1 Å². The predicted molar refractivity (Wildman–Crippen MR) is 147 cm³/mol. The van der Waals surface area contributed by atoms with Crippen molar-refractivity contribution in [3.05, 3.63) is 35.7 Å². The van der Waals surface area contributed by atoms with Crippen LogP contribution in [0, 0.1) is 5.92 Å². The molecule has 0 aromatic carbocycles. The number of aromatic nitrogens is 3. The number of hydrogen-bond acceptors (Lipinski definition) is 7. The highest BCUT2D eigenvalue weighted by Crippen LogP contribution is 2.32. The molecule has 0 radical (unpaired) electrons. The van der Waals surface area contributed by atoms with Crippen molar-refractivity contribution in [3.63, 3.8) is 0 Å². The topological polar surface area (TPSA) is 105 Å². The number of ether oxygens (including phenoxy) is 1. The summed E-state index contributed by atoms with van der Waals surface area (Å²) >= 11 is 0. The van der Waals surface area contributed by atoms with E-state index in [1.165, 1.54) is 0 Å². The maximum Gasteiger partial charge on any atom is 0.319 e. The number of rotatable bonds is 5. The second kappa shape index (κ2) is 10.5. The molecule has 2 saturated heterocycles. The van der Waals surface area contributed by atoms with Gasteiger partial charge in [-0.25, -0.2) is 9.78 Å². The molecule has 2 aliphatic heterocycles. The maximum absolute atomic E-state index is 12.4. The van der Waals surface area contributed by atoms with Crippen molar-refractivity contribution in [2.24, 2.45) is 11.7 Å². The lowest BCUT2D eigenvalue weighted by molar-refractivity contribution is 0.0619. The fourth-order valence-electron chi connectivity index (χ4n) is 5.47. The summed E-state index contributed by atoms with van der Waals surface area (Å²) in [5.41, 5.74) is 11.7. The van der Waals surface area contributed by atoms with Crippen molar-refractivity contribution in [1.29, 1.82) is 0 Å². The third kappa shape index (κ3) is 4.90. The Bertz CT molecular complexity index is 1310. The number of amides is 2. The van der Waals surface area contributed by atoms with Gasteiger partial charge in [0, 0.05) is 89.9 Å². The molecule has 2 aliphatic rings. The monoisotopic (exact) mass is 506 g/mol. The van der Waals surface area contributed by atoms with E-state index < -0.39 is 0 Å². The summed E-state index contributed by atoms with van der Waals surface area (Å²) in [6, 6.07) is 6.47. The van der Waals surface area contributed by atoms with Crippen LogP contribution < -0.4 is 16.0 Å². The van der Waals surface area contributed by atoms with Crippen LogP contribution in [0.4, 0.5) is 10.6 Å². The number of hydrogen-bond donors (Lipinski definition) is 2. The Labute approximate surface area is 218 Å². The highest BCUT2D eigenvalue weighted by Gasteiger charge is 2.25. The number of nitrogens with two attached hydrogens (primary N) is 1. The average Bonchev–Trinajstić information content (AvgIpc) is 3.21. The molecule has 5 rings (SSSR count). The van der Waals surface area contributed by atoms with Crippen LogP contribution in [0.5, 0.6) is 0 Å². The molecule has 3 aromatic heterocycles. The van der Waals surface area contributed by atoms with E-state index in [2.05, 4.69) is 33.0 Å². The van der Waals surface area contributed by atoms with Gasteiger partial charge in [0.15, 0.2) is 0 Å². The Balaban J connectivity index is 1.54. The molecular weight excluding hydrogens is 468 g/mol. The molecule has 10 heteroatoms. The fourth-order valence-corrected chi connectivity index (χ4v) is 5.47. The molecule has 3 N–H and O–H groups in total. The maximum atomic E-state index is 12.4. The number of pyridine rings is 2. The Morgan fingerprint density at radius 1 is 1.19 bits per heavy atom. The van der Waals surface area contributed by atoms with Gasteiger partial charge >= 0.3 is 6.03 Å². The Hall–Kier alpha value is -3.53. The van der Waals surface area contributed by atoms with Gasteiger partial charge in [-0.05, 0) is 43.9 Å². The number of carbonyl (C=O) groups excluding carboxylic acids is 1. The van der Waals surface area contributed by atoms with E-state index in [9.17, 15) is 4.79 Å². The summed E-state index contributed by atoms with van der Waals surface area (Å²) in [5, 5.41) is 4.28. The van der Waals surface area contributed by atoms with Crippen LogP contribution in [0.3, 0.4) is 0 Å². The molecule has 0 unspecified atom stereocenters. The lowest BCUT2D eigenvalue weighted by Gasteiger charge is -2.36. The van der Waals surface area contributed by atoms with Gasteiger partial charge in [-0.2, -0.15) is 0 Å². The van der Waals surface area contributed by atoms with Gasteiger partial charge in [0.25, 0.3) is 0 Å². The van der Waals surface area contributed by atoms with Gasteiger partial charge in [0.05, 0.1) is 16.7 Å². The van der Waals surface area contributed by atoms with Gasteiger partial charge in [0.1, 0.15) is 11.5 Å². The van der Waals surface area contributed by atoms with Crippen LogP contribution in [0.2, 0.25) is 0 Å². The molecule has 0 bridgehead atoms. The molecular formula is C27H38N8O2. The van der Waals surface area contributed by atoms with Gasteiger partial charge in [-0.15, -0.1) is 0 Å². The lowest BCUT2D eigenvalue weighted by atomic mass is 10.0. The minimum atomic E-state index is 0.0595. The Kier molecular flexibility index (Phi) is 7.10. The molecule has 5 heterocycles. The van der Waals surface area contributed by atoms with E-state index in [1.807, 2.05) is 25.1 Å². The van der Waals surface area contributed by atoms with E-state index >= 15 is 0 Å². The molecule has 2 amide bonds. The van der Waals surface area contributed by atoms with Crippen molar-refractivity contribution in [2.75, 3.05) is 65.4 Å². The summed E-state index contributed by atoms with van der Waals surface area (Å²) in [6.45, 7) is 7.26. The zero-order valence-corrected chi connectivity index (χ0v) is 22.3. The van der Waals surface area contributed by atoms with Gasteiger partial charge in [0.2, 0.25) is 0 Å². The molecule has 37 heavy (non-hydrogen) atoms. The van der Waals surface area contributed by atoms with E-state index in [1.54, 1.807) is 19.0 Å². The van der Waals surface area contributed by atoms with Crippen molar-refractivity contribution in [3.8, 4) is 0 Å². The third-order valence-electron chi connectivity index (χ3n) is 7.50. The smallest absolute Gasteiger partial charge is 0.319 e. The molecule has 0 saturated carbocycles. The average molecular weight is 507 g/mol. The van der Waals surface area contributed by atoms with E-state index in [0.29, 0.717) is 19.0 Å². The van der Waals surface area contributed by atoms with Crippen molar-refractivity contribution >= 4 is 39.6 Å². The molecule has 0 spiro atoms. The summed E-state index contributed by atoms with van der Waals surface area (Å²) in [6.07, 6.45) is 3.97. The van der Waals surface area contributed by atoms with E-state index in [4.69, 9.17) is 20.4 Å². The molecule has 2 fully saturated rings. The van der Waals surface area contributed by atoms with Crippen LogP contribution >= 0.6 is 0 Å². The lowest BCUT2D eigenvalue weighted by Crippen LogP contribution is -2.51. The summed E-state index contributed by atoms with van der Waals surface area (Å²) in [5.74, 6) is 1.46. The molecule has 10 nitrogen and oxygen atoms in total. The second-order valence-corrected chi connectivity index (χ2v) is 10.3. The van der Waals surface area contributed by atoms with Gasteiger partial charge in [-0.3, -0.25) is 4.98 Å². The zero-order chi connectivity index (χ0) is 26.1. The first kappa shape index (κ1) is 25.1. The van der Waals surface area contributed by atoms with Crippen molar-refractivity contribution in [1.82, 2.24) is 29.7 Å².